The van der Waals surface area contributed by atoms with Gasteiger partial charge in [-0.2, -0.15) is 0 Å². The third-order valence-corrected chi connectivity index (χ3v) is 7.22. The van der Waals surface area contributed by atoms with Gasteiger partial charge in [0, 0.05) is 18.3 Å². The quantitative estimate of drug-likeness (QED) is 0.731. The lowest BCUT2D eigenvalue weighted by Gasteiger charge is -2.60. The van der Waals surface area contributed by atoms with Crippen LogP contribution in [0.1, 0.15) is 73.1 Å². The zero-order valence-corrected chi connectivity index (χ0v) is 15.1. The van der Waals surface area contributed by atoms with Crippen molar-refractivity contribution in [1.82, 2.24) is 0 Å². The summed E-state index contributed by atoms with van der Waals surface area (Å²) in [5, 5.41) is 10.4. The van der Waals surface area contributed by atoms with Gasteiger partial charge in [-0.05, 0) is 42.4 Å². The van der Waals surface area contributed by atoms with Gasteiger partial charge >= 0.3 is 0 Å². The van der Waals surface area contributed by atoms with E-state index < -0.39 is 0 Å². The van der Waals surface area contributed by atoms with Crippen LogP contribution < -0.4 is 0 Å². The Bertz CT molecular complexity index is 406. The summed E-state index contributed by atoms with van der Waals surface area (Å²) in [6, 6.07) is 0. The van der Waals surface area contributed by atoms with Gasteiger partial charge in [0.1, 0.15) is 0 Å². The van der Waals surface area contributed by atoms with E-state index in [1.54, 1.807) is 0 Å². The van der Waals surface area contributed by atoms with E-state index in [0.29, 0.717) is 11.3 Å². The summed E-state index contributed by atoms with van der Waals surface area (Å²) in [5.41, 5.74) is 0.658. The highest BCUT2D eigenvalue weighted by Gasteiger charge is 2.58. The molecule has 22 heavy (non-hydrogen) atoms. The maximum atomic E-state index is 10.4. The molecule has 0 aromatic heterocycles. The minimum atomic E-state index is -0.348. The normalized spacial score (nSPS) is 39.0. The third-order valence-electron chi connectivity index (χ3n) is 7.22. The minimum Gasteiger partial charge on any atom is -0.393 e. The van der Waals surface area contributed by atoms with Crippen LogP contribution in [0.15, 0.2) is 0 Å². The molecule has 2 atom stereocenters. The van der Waals surface area contributed by atoms with Crippen LogP contribution in [0.25, 0.3) is 0 Å². The van der Waals surface area contributed by atoms with Gasteiger partial charge in [-0.25, -0.2) is 0 Å². The second-order valence-electron chi connectivity index (χ2n) is 9.59. The van der Waals surface area contributed by atoms with Gasteiger partial charge in [0.05, 0.1) is 19.3 Å². The molecule has 3 nitrogen and oxygen atoms in total. The van der Waals surface area contributed by atoms with Gasteiger partial charge in [0.25, 0.3) is 0 Å². The number of ether oxygens (including phenoxy) is 2. The molecule has 0 bridgehead atoms. The second-order valence-corrected chi connectivity index (χ2v) is 9.59. The fourth-order valence-electron chi connectivity index (χ4n) is 5.23. The smallest absolute Gasteiger partial charge is 0.168 e. The van der Waals surface area contributed by atoms with Crippen molar-refractivity contribution in [2.75, 3.05) is 13.2 Å². The predicted molar refractivity (Wildman–Crippen MR) is 87.5 cm³/mol. The topological polar surface area (TPSA) is 38.7 Å². The molecule has 2 saturated carbocycles. The highest BCUT2D eigenvalue weighted by molar-refractivity contribution is 5.05. The molecule has 1 N–H and O–H groups in total. The SMILES string of the molecule is C[C@H]1[C@@H](O)CCC(C)(C)C12CCC1(CC2)OCC(C)(C)CO1. The molecule has 0 amide bonds. The molecular formula is C19H34O3. The lowest BCUT2D eigenvalue weighted by molar-refractivity contribution is -0.324. The van der Waals surface area contributed by atoms with Gasteiger partial charge in [0.2, 0.25) is 0 Å². The Morgan fingerprint density at radius 2 is 1.41 bits per heavy atom. The van der Waals surface area contributed by atoms with Gasteiger partial charge < -0.3 is 14.6 Å². The van der Waals surface area contributed by atoms with Gasteiger partial charge in [-0.15, -0.1) is 0 Å². The third kappa shape index (κ3) is 2.53. The Morgan fingerprint density at radius 3 is 1.95 bits per heavy atom. The summed E-state index contributed by atoms with van der Waals surface area (Å²) in [7, 11) is 0. The monoisotopic (exact) mass is 310 g/mol. The molecule has 1 heterocycles. The molecule has 0 aromatic carbocycles. The Balaban J connectivity index is 1.75. The van der Waals surface area contributed by atoms with E-state index in [1.165, 1.54) is 0 Å². The molecule has 3 aliphatic rings. The summed E-state index contributed by atoms with van der Waals surface area (Å²) >= 11 is 0. The number of hydrogen-bond donors (Lipinski definition) is 1. The lowest BCUT2D eigenvalue weighted by Crippen LogP contribution is -2.58. The van der Waals surface area contributed by atoms with Crippen molar-refractivity contribution in [1.29, 1.82) is 0 Å². The van der Waals surface area contributed by atoms with Crippen molar-refractivity contribution < 1.29 is 14.6 Å². The summed E-state index contributed by atoms with van der Waals surface area (Å²) in [5.74, 6) is 0.0209. The summed E-state index contributed by atoms with van der Waals surface area (Å²) < 4.78 is 12.4. The maximum Gasteiger partial charge on any atom is 0.168 e. The van der Waals surface area contributed by atoms with Crippen molar-refractivity contribution in [3.63, 3.8) is 0 Å². The highest BCUT2D eigenvalue weighted by Crippen LogP contribution is 2.62. The molecule has 1 saturated heterocycles. The van der Waals surface area contributed by atoms with Crippen LogP contribution in [-0.2, 0) is 9.47 Å². The number of aliphatic hydroxyl groups is 1. The zero-order chi connectivity index (χ0) is 16.2. The van der Waals surface area contributed by atoms with E-state index in [9.17, 15) is 5.11 Å². The minimum absolute atomic E-state index is 0.133. The average Bonchev–Trinajstić information content (AvgIpc) is 2.47. The first kappa shape index (κ1) is 16.7. The fraction of sp³-hybridized carbons (Fsp3) is 1.00. The first-order valence-electron chi connectivity index (χ1n) is 9.08. The largest absolute Gasteiger partial charge is 0.393 e. The van der Waals surface area contributed by atoms with Crippen molar-refractivity contribution in [2.24, 2.45) is 22.2 Å². The Morgan fingerprint density at radius 1 is 0.864 bits per heavy atom. The molecule has 1 aliphatic heterocycles. The molecule has 3 heteroatoms. The molecule has 0 radical (unpaired) electrons. The summed E-state index contributed by atoms with van der Waals surface area (Å²) in [6.07, 6.45) is 6.10. The van der Waals surface area contributed by atoms with E-state index in [0.717, 1.165) is 51.7 Å². The zero-order valence-electron chi connectivity index (χ0n) is 15.1. The number of aliphatic hydroxyl groups excluding tert-OH is 1. The Kier molecular flexibility index (Phi) is 3.95. The second kappa shape index (κ2) is 5.19. The van der Waals surface area contributed by atoms with Crippen LogP contribution in [0.5, 0.6) is 0 Å². The van der Waals surface area contributed by atoms with Crippen molar-refractivity contribution in [3.8, 4) is 0 Å². The van der Waals surface area contributed by atoms with Crippen LogP contribution in [0, 0.1) is 22.2 Å². The Labute approximate surface area is 135 Å². The number of hydrogen-bond acceptors (Lipinski definition) is 3. The lowest BCUT2D eigenvalue weighted by atomic mass is 9.47. The highest BCUT2D eigenvalue weighted by atomic mass is 16.7. The summed E-state index contributed by atoms with van der Waals surface area (Å²) in [6.45, 7) is 13.1. The van der Waals surface area contributed by atoms with Crippen LogP contribution in [0.2, 0.25) is 0 Å². The predicted octanol–water partition coefficient (Wildman–Crippen LogP) is 4.13. The van der Waals surface area contributed by atoms with E-state index in [2.05, 4.69) is 34.6 Å². The molecule has 3 rings (SSSR count). The average molecular weight is 310 g/mol. The van der Waals surface area contributed by atoms with Gasteiger partial charge in [-0.1, -0.05) is 34.6 Å². The van der Waals surface area contributed by atoms with Gasteiger partial charge in [0.15, 0.2) is 5.79 Å². The molecule has 3 fully saturated rings. The fourth-order valence-corrected chi connectivity index (χ4v) is 5.23. The molecule has 128 valence electrons. The molecule has 0 unspecified atom stereocenters. The van der Waals surface area contributed by atoms with Crippen molar-refractivity contribution in [2.45, 2.75) is 85.0 Å². The van der Waals surface area contributed by atoms with Crippen molar-refractivity contribution >= 4 is 0 Å². The van der Waals surface area contributed by atoms with Crippen LogP contribution in [0.4, 0.5) is 0 Å². The summed E-state index contributed by atoms with van der Waals surface area (Å²) in [4.78, 5) is 0. The van der Waals surface area contributed by atoms with Crippen LogP contribution in [-0.4, -0.2) is 30.2 Å². The van der Waals surface area contributed by atoms with Gasteiger partial charge in [-0.3, -0.25) is 0 Å². The standard InChI is InChI=1S/C19H34O3/c1-14-15(20)6-7-17(4,5)18(14)8-10-19(11-9-18)21-12-16(2,3)13-22-19/h14-15,20H,6-13H2,1-5H3/t14-,15-/m0/s1. The van der Waals surface area contributed by atoms with E-state index in [-0.39, 0.29) is 22.7 Å². The first-order valence-corrected chi connectivity index (χ1v) is 9.08. The molecule has 0 aromatic rings. The van der Waals surface area contributed by atoms with E-state index >= 15 is 0 Å². The Hall–Kier alpha value is -0.120. The molecule has 2 spiro atoms. The molecular weight excluding hydrogens is 276 g/mol. The van der Waals surface area contributed by atoms with Crippen LogP contribution >= 0.6 is 0 Å². The van der Waals surface area contributed by atoms with E-state index in [4.69, 9.17) is 9.47 Å². The first-order chi connectivity index (χ1) is 10.1. The maximum absolute atomic E-state index is 10.4. The van der Waals surface area contributed by atoms with Crippen molar-refractivity contribution in [3.05, 3.63) is 0 Å². The van der Waals surface area contributed by atoms with Crippen LogP contribution in [0.3, 0.4) is 0 Å². The molecule has 2 aliphatic carbocycles. The number of rotatable bonds is 0. The van der Waals surface area contributed by atoms with E-state index in [1.807, 2.05) is 0 Å².